The predicted molar refractivity (Wildman–Crippen MR) is 74.9 cm³/mol. The highest BCUT2D eigenvalue weighted by Crippen LogP contribution is 2.21. The van der Waals surface area contributed by atoms with Gasteiger partial charge in [-0.1, -0.05) is 0 Å². The Morgan fingerprint density at radius 1 is 1.50 bits per heavy atom. The molecule has 0 fully saturated rings. The number of nitrogens with zero attached hydrogens (tertiary/aromatic N) is 2. The number of rotatable bonds is 5. The molecular formula is C14H17FN4O. The molecule has 3 N–H and O–H groups in total. The van der Waals surface area contributed by atoms with Crippen LogP contribution < -0.4 is 11.1 Å². The summed E-state index contributed by atoms with van der Waals surface area (Å²) in [5, 5.41) is 3.12. The maximum Gasteiger partial charge on any atom is 0.248 e. The number of carbonyl (C=O) groups is 1. The monoisotopic (exact) mass is 276 g/mol. The molecule has 0 aliphatic heterocycles. The molecule has 1 aromatic heterocycles. The lowest BCUT2D eigenvalue weighted by Crippen LogP contribution is -2.13. The first-order valence-electron chi connectivity index (χ1n) is 6.35. The Bertz CT molecular complexity index is 636. The van der Waals surface area contributed by atoms with Crippen molar-refractivity contribution in [2.24, 2.45) is 5.73 Å². The van der Waals surface area contributed by atoms with Gasteiger partial charge in [0.25, 0.3) is 0 Å². The molecule has 0 saturated carbocycles. The third-order valence-electron chi connectivity index (χ3n) is 3.23. The minimum atomic E-state index is -0.648. The molecule has 0 radical (unpaired) electrons. The number of primary amides is 1. The standard InChI is InChI=1S/C14H17FN4O/c1-3-19-8-17-6-11(19)7-18-13-5-10(14(16)20)4-12(15)9(13)2/h4-6,8,18H,3,7H2,1-2H3,(H2,16,20). The fourth-order valence-electron chi connectivity index (χ4n) is 1.97. The summed E-state index contributed by atoms with van der Waals surface area (Å²) in [5.74, 6) is -1.10. The fourth-order valence-corrected chi connectivity index (χ4v) is 1.97. The zero-order chi connectivity index (χ0) is 14.7. The molecule has 2 aromatic rings. The van der Waals surface area contributed by atoms with E-state index in [-0.39, 0.29) is 5.56 Å². The van der Waals surface area contributed by atoms with Gasteiger partial charge >= 0.3 is 0 Å². The van der Waals surface area contributed by atoms with Crippen LogP contribution in [0.5, 0.6) is 0 Å². The van der Waals surface area contributed by atoms with E-state index < -0.39 is 11.7 Å². The Balaban J connectivity index is 2.23. The zero-order valence-corrected chi connectivity index (χ0v) is 11.5. The first kappa shape index (κ1) is 14.0. The largest absolute Gasteiger partial charge is 0.379 e. The molecule has 0 spiro atoms. The molecule has 6 heteroatoms. The molecule has 1 heterocycles. The van der Waals surface area contributed by atoms with Crippen LogP contribution in [0.3, 0.4) is 0 Å². The Labute approximate surface area is 116 Å². The summed E-state index contributed by atoms with van der Waals surface area (Å²) in [6, 6.07) is 2.71. The number of aromatic nitrogens is 2. The quantitative estimate of drug-likeness (QED) is 0.878. The van der Waals surface area contributed by atoms with Crippen molar-refractivity contribution in [2.45, 2.75) is 26.9 Å². The van der Waals surface area contributed by atoms with Crippen molar-refractivity contribution in [3.05, 3.63) is 47.3 Å². The van der Waals surface area contributed by atoms with Gasteiger partial charge in [-0.05, 0) is 26.0 Å². The first-order chi connectivity index (χ1) is 9.52. The molecular weight excluding hydrogens is 259 g/mol. The summed E-state index contributed by atoms with van der Waals surface area (Å²) in [6.45, 7) is 4.98. The van der Waals surface area contributed by atoms with Crippen molar-refractivity contribution < 1.29 is 9.18 Å². The van der Waals surface area contributed by atoms with Crippen LogP contribution in [0.25, 0.3) is 0 Å². The van der Waals surface area contributed by atoms with Crippen LogP contribution in [0.2, 0.25) is 0 Å². The third-order valence-corrected chi connectivity index (χ3v) is 3.23. The summed E-state index contributed by atoms with van der Waals surface area (Å²) in [6.07, 6.45) is 3.49. The van der Waals surface area contributed by atoms with E-state index in [1.807, 2.05) is 11.5 Å². The number of carbonyl (C=O) groups excluding carboxylic acids is 1. The van der Waals surface area contributed by atoms with Gasteiger partial charge in [0.05, 0.1) is 18.6 Å². The van der Waals surface area contributed by atoms with Crippen molar-refractivity contribution in [3.63, 3.8) is 0 Å². The lowest BCUT2D eigenvalue weighted by atomic mass is 10.1. The molecule has 0 bridgehead atoms. The second-order valence-electron chi connectivity index (χ2n) is 4.52. The maximum absolute atomic E-state index is 13.7. The van der Waals surface area contributed by atoms with Crippen LogP contribution in [-0.4, -0.2) is 15.5 Å². The van der Waals surface area contributed by atoms with Gasteiger partial charge < -0.3 is 15.6 Å². The van der Waals surface area contributed by atoms with Crippen molar-refractivity contribution in [2.75, 3.05) is 5.32 Å². The van der Waals surface area contributed by atoms with E-state index in [9.17, 15) is 9.18 Å². The van der Waals surface area contributed by atoms with E-state index in [1.165, 1.54) is 0 Å². The van der Waals surface area contributed by atoms with E-state index in [4.69, 9.17) is 5.73 Å². The number of hydrogen-bond acceptors (Lipinski definition) is 3. The van der Waals surface area contributed by atoms with Gasteiger partial charge in [-0.2, -0.15) is 0 Å². The van der Waals surface area contributed by atoms with Gasteiger partial charge in [0.1, 0.15) is 5.82 Å². The normalized spacial score (nSPS) is 10.6. The lowest BCUT2D eigenvalue weighted by molar-refractivity contribution is 0.1000. The van der Waals surface area contributed by atoms with Gasteiger partial charge in [-0.3, -0.25) is 4.79 Å². The highest BCUT2D eigenvalue weighted by atomic mass is 19.1. The number of nitrogens with two attached hydrogens (primary N) is 1. The number of aryl methyl sites for hydroxylation is 1. The second kappa shape index (κ2) is 5.73. The van der Waals surface area contributed by atoms with Gasteiger partial charge in [0.15, 0.2) is 0 Å². The summed E-state index contributed by atoms with van der Waals surface area (Å²) >= 11 is 0. The Morgan fingerprint density at radius 2 is 2.25 bits per heavy atom. The minimum absolute atomic E-state index is 0.152. The molecule has 0 aliphatic rings. The smallest absolute Gasteiger partial charge is 0.248 e. The number of hydrogen-bond donors (Lipinski definition) is 2. The van der Waals surface area contributed by atoms with Crippen LogP contribution in [0.15, 0.2) is 24.7 Å². The highest BCUT2D eigenvalue weighted by Gasteiger charge is 2.11. The van der Waals surface area contributed by atoms with Crippen LogP contribution in [-0.2, 0) is 13.1 Å². The molecule has 20 heavy (non-hydrogen) atoms. The summed E-state index contributed by atoms with van der Waals surface area (Å²) in [7, 11) is 0. The van der Waals surface area contributed by atoms with E-state index in [0.29, 0.717) is 17.8 Å². The summed E-state index contributed by atoms with van der Waals surface area (Å²) in [5.41, 5.74) is 7.34. The Kier molecular flexibility index (Phi) is 4.02. The van der Waals surface area contributed by atoms with E-state index >= 15 is 0 Å². The average Bonchev–Trinajstić information content (AvgIpc) is 2.87. The Morgan fingerprint density at radius 3 is 2.90 bits per heavy atom. The molecule has 0 saturated heterocycles. The van der Waals surface area contributed by atoms with Crippen LogP contribution in [0.4, 0.5) is 10.1 Å². The van der Waals surface area contributed by atoms with E-state index in [1.54, 1.807) is 25.5 Å². The maximum atomic E-state index is 13.7. The number of benzene rings is 1. The molecule has 2 rings (SSSR count). The minimum Gasteiger partial charge on any atom is -0.379 e. The first-order valence-corrected chi connectivity index (χ1v) is 6.35. The number of halogens is 1. The molecule has 0 atom stereocenters. The van der Waals surface area contributed by atoms with Crippen LogP contribution >= 0.6 is 0 Å². The molecule has 1 aromatic carbocycles. The van der Waals surface area contributed by atoms with E-state index in [0.717, 1.165) is 18.3 Å². The van der Waals surface area contributed by atoms with Crippen molar-refractivity contribution in [1.82, 2.24) is 9.55 Å². The molecule has 1 amide bonds. The van der Waals surface area contributed by atoms with Crippen molar-refractivity contribution >= 4 is 11.6 Å². The second-order valence-corrected chi connectivity index (χ2v) is 4.52. The van der Waals surface area contributed by atoms with Crippen molar-refractivity contribution in [1.29, 1.82) is 0 Å². The zero-order valence-electron chi connectivity index (χ0n) is 11.5. The molecule has 0 aliphatic carbocycles. The fraction of sp³-hybridized carbons (Fsp3) is 0.286. The summed E-state index contributed by atoms with van der Waals surface area (Å²) in [4.78, 5) is 15.2. The van der Waals surface area contributed by atoms with Gasteiger partial charge in [0, 0.05) is 29.6 Å². The molecule has 5 nitrogen and oxygen atoms in total. The number of imidazole rings is 1. The van der Waals surface area contributed by atoms with Crippen LogP contribution in [0.1, 0.15) is 28.5 Å². The number of nitrogens with one attached hydrogen (secondary N) is 1. The van der Waals surface area contributed by atoms with Gasteiger partial charge in [-0.15, -0.1) is 0 Å². The Hall–Kier alpha value is -2.37. The topological polar surface area (TPSA) is 72.9 Å². The van der Waals surface area contributed by atoms with E-state index in [2.05, 4.69) is 10.3 Å². The predicted octanol–water partition coefficient (Wildman–Crippen LogP) is 2.06. The summed E-state index contributed by atoms with van der Waals surface area (Å²) < 4.78 is 15.7. The average molecular weight is 276 g/mol. The molecule has 0 unspecified atom stereocenters. The lowest BCUT2D eigenvalue weighted by Gasteiger charge is -2.12. The highest BCUT2D eigenvalue weighted by molar-refractivity contribution is 5.94. The number of amides is 1. The SMILES string of the molecule is CCn1cncc1CNc1cc(C(N)=O)cc(F)c1C. The van der Waals surface area contributed by atoms with Crippen LogP contribution in [0, 0.1) is 12.7 Å². The van der Waals surface area contributed by atoms with Crippen molar-refractivity contribution in [3.8, 4) is 0 Å². The number of anilines is 1. The molecule has 106 valence electrons. The third kappa shape index (κ3) is 2.79. The van der Waals surface area contributed by atoms with Gasteiger partial charge in [0.2, 0.25) is 5.91 Å². The van der Waals surface area contributed by atoms with Gasteiger partial charge in [-0.25, -0.2) is 9.37 Å².